The summed E-state index contributed by atoms with van der Waals surface area (Å²) in [5.74, 6) is 0. The molecule has 0 unspecified atom stereocenters. The van der Waals surface area contributed by atoms with Crippen LogP contribution in [0.1, 0.15) is 40.5 Å². The molecule has 0 heterocycles. The Balaban J connectivity index is -0.0000000787. The van der Waals surface area contributed by atoms with E-state index in [0.29, 0.717) is 13.2 Å². The average molecular weight is 150 g/mol. The molecule has 0 spiro atoms. The third kappa shape index (κ3) is 103. The normalized spacial score (nSPS) is 6.60. The molecule has 2 N–H and O–H groups in total. The van der Waals surface area contributed by atoms with Gasteiger partial charge in [0.25, 0.3) is 0 Å². The molecular weight excluding hydrogens is 128 g/mol. The molecule has 2 heteroatoms. The SMILES string of the molecule is CC.CCCO.CCCO. The van der Waals surface area contributed by atoms with Gasteiger partial charge in [0.05, 0.1) is 0 Å². The fraction of sp³-hybridized carbons (Fsp3) is 1.00. The Morgan fingerprint density at radius 2 is 0.900 bits per heavy atom. The molecule has 0 aromatic rings. The molecule has 0 bridgehead atoms. The Kier molecular flexibility index (Phi) is 60.0. The maximum Gasteiger partial charge on any atom is 0.0428 e. The van der Waals surface area contributed by atoms with Crippen LogP contribution in [0.15, 0.2) is 0 Å². The van der Waals surface area contributed by atoms with Gasteiger partial charge in [-0.3, -0.25) is 0 Å². The lowest BCUT2D eigenvalue weighted by Gasteiger charge is -1.69. The minimum Gasteiger partial charge on any atom is -0.396 e. The average Bonchev–Trinajstić information content (AvgIpc) is 2.08. The molecule has 0 atom stereocenters. The highest BCUT2D eigenvalue weighted by atomic mass is 16.3. The van der Waals surface area contributed by atoms with E-state index in [0.717, 1.165) is 12.8 Å². The zero-order chi connectivity index (χ0) is 8.83. The highest BCUT2D eigenvalue weighted by Crippen LogP contribution is 1.61. The van der Waals surface area contributed by atoms with E-state index in [4.69, 9.17) is 10.2 Å². The summed E-state index contributed by atoms with van der Waals surface area (Å²) in [6.07, 6.45) is 1.75. The first kappa shape index (κ1) is 16.5. The van der Waals surface area contributed by atoms with Crippen molar-refractivity contribution in [3.63, 3.8) is 0 Å². The van der Waals surface area contributed by atoms with Crippen molar-refractivity contribution in [2.75, 3.05) is 13.2 Å². The van der Waals surface area contributed by atoms with Gasteiger partial charge in [-0.2, -0.15) is 0 Å². The molecule has 0 aliphatic heterocycles. The molecule has 0 saturated carbocycles. The Labute approximate surface area is 64.9 Å². The van der Waals surface area contributed by atoms with Crippen molar-refractivity contribution in [1.82, 2.24) is 0 Å². The van der Waals surface area contributed by atoms with E-state index in [1.54, 1.807) is 0 Å². The number of aliphatic hydroxyl groups is 2. The predicted molar refractivity (Wildman–Crippen MR) is 46.1 cm³/mol. The fourth-order valence-corrected chi connectivity index (χ4v) is 0. The lowest BCUT2D eigenvalue weighted by molar-refractivity contribution is 0.294. The van der Waals surface area contributed by atoms with E-state index < -0.39 is 0 Å². The summed E-state index contributed by atoms with van der Waals surface area (Å²) in [6.45, 7) is 8.50. The van der Waals surface area contributed by atoms with Crippen LogP contribution < -0.4 is 0 Å². The highest BCUT2D eigenvalue weighted by molar-refractivity contribution is 4.10. The van der Waals surface area contributed by atoms with E-state index in [2.05, 4.69) is 0 Å². The first-order valence-corrected chi connectivity index (χ1v) is 4.05. The van der Waals surface area contributed by atoms with Crippen LogP contribution in [-0.2, 0) is 0 Å². The van der Waals surface area contributed by atoms with Gasteiger partial charge < -0.3 is 10.2 Å². The van der Waals surface area contributed by atoms with Crippen molar-refractivity contribution >= 4 is 0 Å². The van der Waals surface area contributed by atoms with Crippen LogP contribution in [0.25, 0.3) is 0 Å². The summed E-state index contributed by atoms with van der Waals surface area (Å²) in [5.41, 5.74) is 0. The number of hydrogen-bond acceptors (Lipinski definition) is 2. The second-order valence-electron chi connectivity index (χ2n) is 1.45. The molecule has 0 fully saturated rings. The van der Waals surface area contributed by atoms with Gasteiger partial charge in [0.15, 0.2) is 0 Å². The van der Waals surface area contributed by atoms with Gasteiger partial charge in [0.2, 0.25) is 0 Å². The topological polar surface area (TPSA) is 40.5 Å². The molecule has 0 rings (SSSR count). The predicted octanol–water partition coefficient (Wildman–Crippen LogP) is 1.80. The second kappa shape index (κ2) is 36.4. The molecule has 0 saturated heterocycles. The minimum atomic E-state index is 0.319. The monoisotopic (exact) mass is 150 g/mol. The Morgan fingerprint density at radius 3 is 0.900 bits per heavy atom. The van der Waals surface area contributed by atoms with Crippen LogP contribution in [-0.4, -0.2) is 23.4 Å². The van der Waals surface area contributed by atoms with Gasteiger partial charge in [-0.25, -0.2) is 0 Å². The number of hydrogen-bond donors (Lipinski definition) is 2. The maximum absolute atomic E-state index is 7.88. The van der Waals surface area contributed by atoms with Crippen LogP contribution in [0.3, 0.4) is 0 Å². The highest BCUT2D eigenvalue weighted by Gasteiger charge is 1.57. The van der Waals surface area contributed by atoms with Crippen LogP contribution in [0.2, 0.25) is 0 Å². The van der Waals surface area contributed by atoms with Gasteiger partial charge in [0, 0.05) is 13.2 Å². The maximum atomic E-state index is 7.88. The first-order chi connectivity index (χ1) is 4.83. The van der Waals surface area contributed by atoms with Gasteiger partial charge >= 0.3 is 0 Å². The molecule has 0 aromatic carbocycles. The zero-order valence-corrected chi connectivity index (χ0v) is 7.72. The van der Waals surface area contributed by atoms with Crippen LogP contribution in [0.4, 0.5) is 0 Å². The van der Waals surface area contributed by atoms with E-state index in [1.165, 1.54) is 0 Å². The smallest absolute Gasteiger partial charge is 0.0428 e. The third-order valence-electron chi connectivity index (χ3n) is 0.447. The van der Waals surface area contributed by atoms with Crippen molar-refractivity contribution in [1.29, 1.82) is 0 Å². The zero-order valence-electron chi connectivity index (χ0n) is 7.72. The minimum absolute atomic E-state index is 0.319. The summed E-state index contributed by atoms with van der Waals surface area (Å²) in [4.78, 5) is 0. The molecule has 2 nitrogen and oxygen atoms in total. The number of rotatable bonds is 2. The van der Waals surface area contributed by atoms with E-state index >= 15 is 0 Å². The van der Waals surface area contributed by atoms with E-state index in [1.807, 2.05) is 27.7 Å². The molecule has 0 aliphatic carbocycles. The Hall–Kier alpha value is -0.0800. The van der Waals surface area contributed by atoms with Crippen molar-refractivity contribution in [2.45, 2.75) is 40.5 Å². The second-order valence-corrected chi connectivity index (χ2v) is 1.45. The number of aliphatic hydroxyl groups excluding tert-OH is 2. The van der Waals surface area contributed by atoms with Gasteiger partial charge in [-0.1, -0.05) is 27.7 Å². The molecule has 10 heavy (non-hydrogen) atoms. The van der Waals surface area contributed by atoms with E-state index in [9.17, 15) is 0 Å². The van der Waals surface area contributed by atoms with Crippen molar-refractivity contribution in [3.05, 3.63) is 0 Å². The Bertz CT molecular complexity index is 15.2. The summed E-state index contributed by atoms with van der Waals surface area (Å²) in [5, 5.41) is 15.8. The summed E-state index contributed by atoms with van der Waals surface area (Å²) in [6, 6.07) is 0. The van der Waals surface area contributed by atoms with Gasteiger partial charge in [-0.15, -0.1) is 0 Å². The lowest BCUT2D eigenvalue weighted by atomic mass is 10.5. The molecule has 0 radical (unpaired) electrons. The van der Waals surface area contributed by atoms with Crippen molar-refractivity contribution < 1.29 is 10.2 Å². The Morgan fingerprint density at radius 1 is 0.800 bits per heavy atom. The summed E-state index contributed by atoms with van der Waals surface area (Å²) >= 11 is 0. The lowest BCUT2D eigenvalue weighted by Crippen LogP contribution is -1.69. The first-order valence-electron chi connectivity index (χ1n) is 4.05. The molecule has 66 valence electrons. The summed E-state index contributed by atoms with van der Waals surface area (Å²) in [7, 11) is 0. The molecule has 0 amide bonds. The standard InChI is InChI=1S/2C3H8O.C2H6/c2*1-2-3-4;1-2/h2*4H,2-3H2,1H3;1-2H3. The van der Waals surface area contributed by atoms with Crippen LogP contribution in [0.5, 0.6) is 0 Å². The van der Waals surface area contributed by atoms with Gasteiger partial charge in [0.1, 0.15) is 0 Å². The fourth-order valence-electron chi connectivity index (χ4n) is 0. The van der Waals surface area contributed by atoms with Crippen LogP contribution >= 0.6 is 0 Å². The van der Waals surface area contributed by atoms with Crippen molar-refractivity contribution in [3.8, 4) is 0 Å². The summed E-state index contributed by atoms with van der Waals surface area (Å²) < 4.78 is 0. The van der Waals surface area contributed by atoms with Crippen molar-refractivity contribution in [2.24, 2.45) is 0 Å². The molecular formula is C8H22O2. The van der Waals surface area contributed by atoms with Crippen LogP contribution in [0, 0.1) is 0 Å². The molecule has 0 aromatic heterocycles. The third-order valence-corrected chi connectivity index (χ3v) is 0.447. The van der Waals surface area contributed by atoms with Gasteiger partial charge in [-0.05, 0) is 12.8 Å². The largest absolute Gasteiger partial charge is 0.396 e. The molecule has 0 aliphatic rings. The van der Waals surface area contributed by atoms with E-state index in [-0.39, 0.29) is 0 Å². The quantitative estimate of drug-likeness (QED) is 0.630.